The summed E-state index contributed by atoms with van der Waals surface area (Å²) in [6, 6.07) is 0. The number of rotatable bonds is 60. The number of esters is 2. The van der Waals surface area contributed by atoms with Gasteiger partial charge in [0, 0.05) is 19.4 Å². The Balaban J connectivity index is 3.94. The zero-order valence-corrected chi connectivity index (χ0v) is 51.7. The number of ether oxygens (including phenoxy) is 2. The van der Waals surface area contributed by atoms with Crippen molar-refractivity contribution in [3.8, 4) is 0 Å². The lowest BCUT2D eigenvalue weighted by molar-refractivity contribution is -0.161. The molecular weight excluding hydrogens is 1000 g/mol. The molecule has 9 nitrogen and oxygen atoms in total. The van der Waals surface area contributed by atoms with Crippen molar-refractivity contribution in [3.05, 3.63) is 109 Å². The Hall–Kier alpha value is -3.33. The Kier molecular flexibility index (Phi) is 61.2. The van der Waals surface area contributed by atoms with Gasteiger partial charge in [-0.2, -0.15) is 0 Å². The van der Waals surface area contributed by atoms with E-state index in [0.29, 0.717) is 6.42 Å². The summed E-state index contributed by atoms with van der Waals surface area (Å²) in [5.74, 6) is -0.829. The lowest BCUT2D eigenvalue weighted by Crippen LogP contribution is -2.29. The first-order chi connectivity index (χ1) is 38.8. The predicted molar refractivity (Wildman–Crippen MR) is 339 cm³/mol. The van der Waals surface area contributed by atoms with E-state index >= 15 is 0 Å². The predicted octanol–water partition coefficient (Wildman–Crippen LogP) is 21.0. The maximum absolute atomic E-state index is 12.7. The molecular formula is C69H120NO8P. The highest BCUT2D eigenvalue weighted by Crippen LogP contribution is 2.43. The Bertz CT molecular complexity index is 1660. The number of unbranched alkanes of at least 4 members (excludes halogenated alkanes) is 29. The monoisotopic (exact) mass is 1120 g/mol. The molecule has 0 aliphatic carbocycles. The molecule has 0 spiro atoms. The summed E-state index contributed by atoms with van der Waals surface area (Å²) >= 11 is 0. The second-order valence-electron chi connectivity index (χ2n) is 21.2. The molecule has 10 heteroatoms. The van der Waals surface area contributed by atoms with Gasteiger partial charge in [-0.3, -0.25) is 18.6 Å². The van der Waals surface area contributed by atoms with E-state index in [0.717, 1.165) is 89.9 Å². The van der Waals surface area contributed by atoms with Crippen molar-refractivity contribution in [2.45, 2.75) is 290 Å². The van der Waals surface area contributed by atoms with Gasteiger partial charge in [0.2, 0.25) is 0 Å². The molecule has 2 atom stereocenters. The van der Waals surface area contributed by atoms with Crippen LogP contribution in [-0.4, -0.2) is 49.3 Å². The molecule has 2 unspecified atom stereocenters. The van der Waals surface area contributed by atoms with E-state index in [1.165, 1.54) is 161 Å². The van der Waals surface area contributed by atoms with Crippen LogP contribution in [0.25, 0.3) is 0 Å². The maximum Gasteiger partial charge on any atom is 0.472 e. The van der Waals surface area contributed by atoms with E-state index in [2.05, 4.69) is 123 Å². The fraction of sp³-hybridized carbons (Fsp3) is 0.710. The van der Waals surface area contributed by atoms with Crippen LogP contribution >= 0.6 is 7.82 Å². The maximum atomic E-state index is 12.7. The molecule has 0 aromatic rings. The van der Waals surface area contributed by atoms with Gasteiger partial charge in [-0.05, 0) is 103 Å². The molecule has 0 bridgehead atoms. The van der Waals surface area contributed by atoms with Gasteiger partial charge >= 0.3 is 19.8 Å². The number of phosphoric ester groups is 1. The van der Waals surface area contributed by atoms with Crippen molar-refractivity contribution in [1.29, 1.82) is 0 Å². The lowest BCUT2D eigenvalue weighted by Gasteiger charge is -2.19. The van der Waals surface area contributed by atoms with Gasteiger partial charge in [-0.15, -0.1) is 0 Å². The third-order valence-corrected chi connectivity index (χ3v) is 14.6. The van der Waals surface area contributed by atoms with Crippen molar-refractivity contribution in [2.24, 2.45) is 5.73 Å². The second-order valence-corrected chi connectivity index (χ2v) is 22.7. The molecule has 0 rings (SSSR count). The molecule has 0 amide bonds. The zero-order valence-electron chi connectivity index (χ0n) is 50.8. The molecule has 0 radical (unpaired) electrons. The van der Waals surface area contributed by atoms with Gasteiger partial charge in [-0.1, -0.05) is 277 Å². The number of hydrogen-bond donors (Lipinski definition) is 2. The van der Waals surface area contributed by atoms with Crippen LogP contribution in [0.5, 0.6) is 0 Å². The van der Waals surface area contributed by atoms with E-state index in [-0.39, 0.29) is 38.6 Å². The highest BCUT2D eigenvalue weighted by Gasteiger charge is 2.26. The Morgan fingerprint density at radius 1 is 0.392 bits per heavy atom. The van der Waals surface area contributed by atoms with Gasteiger partial charge < -0.3 is 20.1 Å². The van der Waals surface area contributed by atoms with Crippen LogP contribution in [0, 0.1) is 0 Å². The average molecular weight is 1120 g/mol. The normalized spacial score (nSPS) is 13.7. The average Bonchev–Trinajstić information content (AvgIpc) is 3.44. The van der Waals surface area contributed by atoms with E-state index in [9.17, 15) is 19.0 Å². The Labute approximate surface area is 486 Å². The highest BCUT2D eigenvalue weighted by molar-refractivity contribution is 7.47. The fourth-order valence-electron chi connectivity index (χ4n) is 8.88. The van der Waals surface area contributed by atoms with Gasteiger partial charge in [-0.25, -0.2) is 4.57 Å². The molecule has 79 heavy (non-hydrogen) atoms. The molecule has 0 heterocycles. The summed E-state index contributed by atoms with van der Waals surface area (Å²) in [5, 5.41) is 0. The van der Waals surface area contributed by atoms with Crippen molar-refractivity contribution in [3.63, 3.8) is 0 Å². The molecule has 0 aliphatic heterocycles. The molecule has 0 aromatic heterocycles. The number of nitrogens with two attached hydrogens (primary N) is 1. The standard InChI is InChI=1S/C69H120NO8P/c1-3-5-7-9-11-13-15-17-19-21-23-25-26-27-28-29-30-31-32-33-34-35-36-37-38-39-40-42-44-46-48-50-52-54-56-58-60-62-69(72)78-67(66-77-79(73,74)76-64-63-70)65-75-68(71)61-59-57-55-53-51-49-47-45-43-41-24-22-20-18-16-14-12-10-8-6-4-2/h5,7,11,13,17,19,22-25,27-28,30-31,33-34,36-37,67H,3-4,6,8-10,12,14-16,18,20-21,26,29,32,35,38-66,70H2,1-2H3,(H,73,74)/b7-5-,13-11-,19-17-,24-22-,25-23-,28-27-,31-30-,34-33-,37-36-. The molecule has 3 N–H and O–H groups in total. The van der Waals surface area contributed by atoms with Gasteiger partial charge in [0.1, 0.15) is 6.61 Å². The van der Waals surface area contributed by atoms with Gasteiger partial charge in [0.05, 0.1) is 13.2 Å². The molecule has 454 valence electrons. The van der Waals surface area contributed by atoms with E-state index in [1.54, 1.807) is 0 Å². The van der Waals surface area contributed by atoms with Gasteiger partial charge in [0.15, 0.2) is 6.10 Å². The van der Waals surface area contributed by atoms with Crippen LogP contribution in [0.4, 0.5) is 0 Å². The second kappa shape index (κ2) is 63.8. The largest absolute Gasteiger partial charge is 0.472 e. The first-order valence-corrected chi connectivity index (χ1v) is 33.9. The van der Waals surface area contributed by atoms with Crippen LogP contribution in [0.1, 0.15) is 284 Å². The van der Waals surface area contributed by atoms with Crippen molar-refractivity contribution in [2.75, 3.05) is 26.4 Å². The minimum atomic E-state index is -4.40. The van der Waals surface area contributed by atoms with E-state index < -0.39 is 26.5 Å². The number of carbonyl (C=O) groups is 2. The Morgan fingerprint density at radius 2 is 0.696 bits per heavy atom. The minimum absolute atomic E-state index is 0.0494. The molecule has 0 fully saturated rings. The first-order valence-electron chi connectivity index (χ1n) is 32.4. The number of carbonyl (C=O) groups excluding carboxylic acids is 2. The SMILES string of the molecule is CC/C=C\C/C=C\C/C=C\C/C=C\C/C=C\C/C=C\C/C=C\C/C=C\CCCCCCCCCCCCCCC(=O)OC(COC(=O)CCCCCCCCCCC/C=C\CCCCCCCCCC)COP(=O)(O)OCCN. The van der Waals surface area contributed by atoms with Crippen LogP contribution in [-0.2, 0) is 32.7 Å². The van der Waals surface area contributed by atoms with E-state index in [4.69, 9.17) is 24.3 Å². The van der Waals surface area contributed by atoms with Crippen LogP contribution in [0.15, 0.2) is 109 Å². The number of allylic oxidation sites excluding steroid dienone is 18. The van der Waals surface area contributed by atoms with Crippen molar-refractivity contribution < 1.29 is 37.6 Å². The van der Waals surface area contributed by atoms with Crippen LogP contribution in [0.3, 0.4) is 0 Å². The quantitative estimate of drug-likeness (QED) is 0.0264. The summed E-state index contributed by atoms with van der Waals surface area (Å²) in [4.78, 5) is 35.3. The summed E-state index contributed by atoms with van der Waals surface area (Å²) in [7, 11) is -4.40. The topological polar surface area (TPSA) is 134 Å². The summed E-state index contributed by atoms with van der Waals surface area (Å²) < 4.78 is 33.1. The number of hydrogen-bond acceptors (Lipinski definition) is 8. The van der Waals surface area contributed by atoms with Crippen LogP contribution < -0.4 is 5.73 Å². The molecule has 0 aromatic carbocycles. The van der Waals surface area contributed by atoms with Crippen LogP contribution in [0.2, 0.25) is 0 Å². The summed E-state index contributed by atoms with van der Waals surface area (Å²) in [5.41, 5.74) is 5.39. The fourth-order valence-corrected chi connectivity index (χ4v) is 9.65. The molecule has 0 aliphatic rings. The lowest BCUT2D eigenvalue weighted by atomic mass is 10.0. The molecule has 0 saturated carbocycles. The molecule has 0 saturated heterocycles. The summed E-state index contributed by atoms with van der Waals surface area (Å²) in [6.07, 6.45) is 87.3. The highest BCUT2D eigenvalue weighted by atomic mass is 31.2. The summed E-state index contributed by atoms with van der Waals surface area (Å²) in [6.45, 7) is 3.64. The Morgan fingerprint density at radius 3 is 1.05 bits per heavy atom. The van der Waals surface area contributed by atoms with E-state index in [1.807, 2.05) is 0 Å². The van der Waals surface area contributed by atoms with Gasteiger partial charge in [0.25, 0.3) is 0 Å². The zero-order chi connectivity index (χ0) is 57.3. The first kappa shape index (κ1) is 75.7. The number of phosphoric acid groups is 1. The minimum Gasteiger partial charge on any atom is -0.462 e. The third-order valence-electron chi connectivity index (χ3n) is 13.6. The smallest absolute Gasteiger partial charge is 0.462 e. The third kappa shape index (κ3) is 63.7. The van der Waals surface area contributed by atoms with Crippen molar-refractivity contribution in [1.82, 2.24) is 0 Å². The van der Waals surface area contributed by atoms with Crippen molar-refractivity contribution >= 4 is 19.8 Å².